The van der Waals surface area contributed by atoms with Crippen molar-refractivity contribution in [2.75, 3.05) is 32.7 Å². The van der Waals surface area contributed by atoms with Crippen molar-refractivity contribution in [3.05, 3.63) is 28.3 Å². The Hall–Kier alpha value is -0.810. The Morgan fingerprint density at radius 2 is 1.86 bits per heavy atom. The summed E-state index contributed by atoms with van der Waals surface area (Å²) >= 11 is 6.12. The van der Waals surface area contributed by atoms with E-state index in [1.165, 1.54) is 0 Å². The lowest BCUT2D eigenvalue weighted by Crippen LogP contribution is -2.44. The minimum absolute atomic E-state index is 0.169. The molecule has 1 atom stereocenters. The molecule has 1 heterocycles. The van der Waals surface area contributed by atoms with Crippen LogP contribution in [0, 0.1) is 0 Å². The van der Waals surface area contributed by atoms with Gasteiger partial charge in [0.15, 0.2) is 0 Å². The Kier molecular flexibility index (Phi) is 5.88. The Balaban J connectivity index is 2.05. The van der Waals surface area contributed by atoms with Gasteiger partial charge in [-0.05, 0) is 30.0 Å². The van der Waals surface area contributed by atoms with Gasteiger partial charge in [-0.1, -0.05) is 25.4 Å². The van der Waals surface area contributed by atoms with E-state index >= 15 is 0 Å². The largest absolute Gasteiger partial charge is 0.507 e. The maximum absolute atomic E-state index is 10.4. The van der Waals surface area contributed by atoms with E-state index in [1.807, 2.05) is 13.8 Å². The molecule has 1 aromatic carbocycles. The number of aliphatic hydroxyl groups is 1. The van der Waals surface area contributed by atoms with Crippen molar-refractivity contribution in [3.8, 4) is 5.75 Å². The van der Waals surface area contributed by atoms with Crippen molar-refractivity contribution < 1.29 is 10.2 Å². The molecule has 0 saturated carbocycles. The number of nitrogens with zero attached hydrogens (tertiary/aromatic N) is 1. The van der Waals surface area contributed by atoms with Gasteiger partial charge >= 0.3 is 0 Å². The predicted molar refractivity (Wildman–Crippen MR) is 86.1 cm³/mol. The quantitative estimate of drug-likeness (QED) is 0.782. The lowest BCUT2D eigenvalue weighted by Gasteiger charge is -2.28. The van der Waals surface area contributed by atoms with Gasteiger partial charge in [0.2, 0.25) is 0 Å². The molecule has 1 aliphatic heterocycles. The molecule has 0 bridgehead atoms. The van der Waals surface area contributed by atoms with Crippen LogP contribution < -0.4 is 5.32 Å². The van der Waals surface area contributed by atoms with Crippen molar-refractivity contribution in [2.45, 2.75) is 32.3 Å². The summed E-state index contributed by atoms with van der Waals surface area (Å²) in [5, 5.41) is 24.6. The van der Waals surface area contributed by atoms with Crippen LogP contribution in [0.2, 0.25) is 5.02 Å². The molecule has 2 rings (SSSR count). The fraction of sp³-hybridized carbons (Fsp3) is 0.625. The zero-order chi connectivity index (χ0) is 15.4. The standard InChI is InChI=1S/C16H25ClN2O2/c1-11(2)13-9-12(17)10-14(16(13)21)15(20)3-6-19-7-4-18-5-8-19/h9-11,15,18,20-21H,3-8H2,1-2H3. The second-order valence-electron chi connectivity index (χ2n) is 5.98. The Morgan fingerprint density at radius 1 is 1.24 bits per heavy atom. The lowest BCUT2D eigenvalue weighted by molar-refractivity contribution is 0.134. The summed E-state index contributed by atoms with van der Waals surface area (Å²) < 4.78 is 0. The van der Waals surface area contributed by atoms with Crippen LogP contribution in [0.3, 0.4) is 0 Å². The first-order valence-corrected chi connectivity index (χ1v) is 8.00. The van der Waals surface area contributed by atoms with Gasteiger partial charge in [-0.3, -0.25) is 0 Å². The molecule has 4 nitrogen and oxygen atoms in total. The van der Waals surface area contributed by atoms with E-state index in [1.54, 1.807) is 12.1 Å². The van der Waals surface area contributed by atoms with Gasteiger partial charge in [-0.25, -0.2) is 0 Å². The molecule has 3 N–H and O–H groups in total. The molecule has 0 spiro atoms. The second kappa shape index (κ2) is 7.45. The van der Waals surface area contributed by atoms with E-state index in [0.717, 1.165) is 38.3 Å². The number of aliphatic hydroxyl groups excluding tert-OH is 1. The SMILES string of the molecule is CC(C)c1cc(Cl)cc(C(O)CCN2CCNCC2)c1O. The molecule has 0 amide bonds. The summed E-state index contributed by atoms with van der Waals surface area (Å²) in [6, 6.07) is 3.44. The van der Waals surface area contributed by atoms with Gasteiger partial charge in [0.25, 0.3) is 0 Å². The van der Waals surface area contributed by atoms with Crippen molar-refractivity contribution in [3.63, 3.8) is 0 Å². The second-order valence-corrected chi connectivity index (χ2v) is 6.42. The number of benzene rings is 1. The Morgan fingerprint density at radius 3 is 2.48 bits per heavy atom. The van der Waals surface area contributed by atoms with Crippen LogP contribution in [0.1, 0.15) is 43.4 Å². The summed E-state index contributed by atoms with van der Waals surface area (Å²) in [7, 11) is 0. The molecular formula is C16H25ClN2O2. The van der Waals surface area contributed by atoms with E-state index in [0.29, 0.717) is 17.0 Å². The summed E-state index contributed by atoms with van der Waals surface area (Å²) in [4.78, 5) is 2.32. The highest BCUT2D eigenvalue weighted by atomic mass is 35.5. The zero-order valence-corrected chi connectivity index (χ0v) is 13.5. The molecule has 5 heteroatoms. The number of phenolic OH excluding ortho intramolecular Hbond substituents is 1. The van der Waals surface area contributed by atoms with Crippen LogP contribution in [0.25, 0.3) is 0 Å². The van der Waals surface area contributed by atoms with Gasteiger partial charge in [0, 0.05) is 43.3 Å². The number of rotatable bonds is 5. The number of phenols is 1. The number of nitrogens with one attached hydrogen (secondary N) is 1. The van der Waals surface area contributed by atoms with E-state index in [4.69, 9.17) is 11.6 Å². The topological polar surface area (TPSA) is 55.7 Å². The van der Waals surface area contributed by atoms with E-state index < -0.39 is 6.10 Å². The first-order valence-electron chi connectivity index (χ1n) is 7.62. The molecule has 1 aliphatic rings. The third-order valence-corrected chi connectivity index (χ3v) is 4.26. The molecule has 118 valence electrons. The number of hydrogen-bond donors (Lipinski definition) is 3. The van der Waals surface area contributed by atoms with E-state index in [-0.39, 0.29) is 11.7 Å². The molecule has 1 saturated heterocycles. The third kappa shape index (κ3) is 4.33. The molecular weight excluding hydrogens is 288 g/mol. The first-order chi connectivity index (χ1) is 9.99. The van der Waals surface area contributed by atoms with Crippen molar-refractivity contribution in [1.82, 2.24) is 10.2 Å². The average Bonchev–Trinajstić information content (AvgIpc) is 2.47. The highest BCUT2D eigenvalue weighted by molar-refractivity contribution is 6.30. The molecule has 1 aromatic rings. The van der Waals surface area contributed by atoms with Crippen molar-refractivity contribution in [1.29, 1.82) is 0 Å². The van der Waals surface area contributed by atoms with E-state index in [9.17, 15) is 10.2 Å². The predicted octanol–water partition coefficient (Wildman–Crippen LogP) is 2.50. The fourth-order valence-electron chi connectivity index (χ4n) is 2.73. The maximum Gasteiger partial charge on any atom is 0.124 e. The molecule has 1 unspecified atom stereocenters. The Bertz CT molecular complexity index is 474. The molecule has 21 heavy (non-hydrogen) atoms. The highest BCUT2D eigenvalue weighted by Crippen LogP contribution is 2.36. The lowest BCUT2D eigenvalue weighted by atomic mass is 9.95. The van der Waals surface area contributed by atoms with Crippen molar-refractivity contribution in [2.24, 2.45) is 0 Å². The molecule has 0 aromatic heterocycles. The van der Waals surface area contributed by atoms with Crippen LogP contribution in [-0.2, 0) is 0 Å². The number of halogens is 1. The van der Waals surface area contributed by atoms with Crippen LogP contribution in [0.5, 0.6) is 5.75 Å². The number of piperazine rings is 1. The maximum atomic E-state index is 10.4. The van der Waals surface area contributed by atoms with E-state index in [2.05, 4.69) is 10.2 Å². The van der Waals surface area contributed by atoms with Crippen LogP contribution >= 0.6 is 11.6 Å². The monoisotopic (exact) mass is 312 g/mol. The highest BCUT2D eigenvalue weighted by Gasteiger charge is 2.19. The first kappa shape index (κ1) is 16.6. The molecule has 0 radical (unpaired) electrons. The van der Waals surface area contributed by atoms with Gasteiger partial charge in [-0.15, -0.1) is 0 Å². The fourth-order valence-corrected chi connectivity index (χ4v) is 2.97. The van der Waals surface area contributed by atoms with Crippen LogP contribution in [0.4, 0.5) is 0 Å². The smallest absolute Gasteiger partial charge is 0.124 e. The minimum atomic E-state index is -0.684. The minimum Gasteiger partial charge on any atom is -0.507 e. The van der Waals surface area contributed by atoms with Gasteiger partial charge in [-0.2, -0.15) is 0 Å². The normalized spacial score (nSPS) is 18.1. The molecule has 0 aliphatic carbocycles. The summed E-state index contributed by atoms with van der Waals surface area (Å²) in [6.07, 6.45) is -0.0816. The van der Waals surface area contributed by atoms with Gasteiger partial charge in [0.1, 0.15) is 5.75 Å². The van der Waals surface area contributed by atoms with Gasteiger partial charge in [0.05, 0.1) is 6.10 Å². The van der Waals surface area contributed by atoms with Crippen molar-refractivity contribution >= 4 is 11.6 Å². The summed E-state index contributed by atoms with van der Waals surface area (Å²) in [6.45, 7) is 8.83. The van der Waals surface area contributed by atoms with Crippen LogP contribution in [0.15, 0.2) is 12.1 Å². The summed E-state index contributed by atoms with van der Waals surface area (Å²) in [5.74, 6) is 0.352. The number of hydrogen-bond acceptors (Lipinski definition) is 4. The molecule has 1 fully saturated rings. The zero-order valence-electron chi connectivity index (χ0n) is 12.8. The summed E-state index contributed by atoms with van der Waals surface area (Å²) in [5.41, 5.74) is 1.33. The van der Waals surface area contributed by atoms with Gasteiger partial charge < -0.3 is 20.4 Å². The number of aromatic hydroxyl groups is 1. The Labute approximate surface area is 131 Å². The average molecular weight is 313 g/mol. The third-order valence-electron chi connectivity index (χ3n) is 4.04. The van der Waals surface area contributed by atoms with Crippen LogP contribution in [-0.4, -0.2) is 47.8 Å².